The lowest BCUT2D eigenvalue weighted by Crippen LogP contribution is -2.54. The lowest BCUT2D eigenvalue weighted by Gasteiger charge is -2.42. The molecule has 1 aliphatic heterocycles. The van der Waals surface area contributed by atoms with Crippen LogP contribution in [0, 0.1) is 10.1 Å². The van der Waals surface area contributed by atoms with Crippen LogP contribution in [0.4, 0.5) is 11.4 Å². The third-order valence-corrected chi connectivity index (χ3v) is 4.13. The Morgan fingerprint density at radius 2 is 1.95 bits per heavy atom. The van der Waals surface area contributed by atoms with Crippen LogP contribution in [0.3, 0.4) is 0 Å². The Hall–Kier alpha value is -1.66. The van der Waals surface area contributed by atoms with E-state index in [0.717, 1.165) is 25.2 Å². The van der Waals surface area contributed by atoms with E-state index in [9.17, 15) is 10.1 Å². The first-order valence-electron chi connectivity index (χ1n) is 6.85. The molecule has 0 bridgehead atoms. The Labute approximate surface area is 119 Å². The van der Waals surface area contributed by atoms with Gasteiger partial charge in [-0.15, -0.1) is 0 Å². The van der Waals surface area contributed by atoms with Gasteiger partial charge in [-0.2, -0.15) is 0 Å². The summed E-state index contributed by atoms with van der Waals surface area (Å²) >= 11 is 0. The van der Waals surface area contributed by atoms with Gasteiger partial charge in [0.05, 0.1) is 4.92 Å². The molecule has 1 heterocycles. The normalized spacial score (nSPS) is 24.8. The molecule has 0 radical (unpaired) electrons. The summed E-state index contributed by atoms with van der Waals surface area (Å²) in [7, 11) is 2.14. The predicted molar refractivity (Wildman–Crippen MR) is 79.5 cm³/mol. The van der Waals surface area contributed by atoms with Gasteiger partial charge in [-0.25, -0.2) is 0 Å². The number of anilines is 1. The van der Waals surface area contributed by atoms with Crippen molar-refractivity contribution >= 4 is 11.4 Å². The molecule has 110 valence electrons. The van der Waals surface area contributed by atoms with E-state index in [4.69, 9.17) is 5.73 Å². The molecule has 1 saturated heterocycles. The van der Waals surface area contributed by atoms with E-state index in [0.29, 0.717) is 12.1 Å². The van der Waals surface area contributed by atoms with Gasteiger partial charge in [-0.05, 0) is 32.5 Å². The highest BCUT2D eigenvalue weighted by Gasteiger charge is 2.26. The molecule has 20 heavy (non-hydrogen) atoms. The number of nitrogens with two attached hydrogens (primary N) is 1. The van der Waals surface area contributed by atoms with Crippen LogP contribution in [0.25, 0.3) is 0 Å². The van der Waals surface area contributed by atoms with E-state index in [-0.39, 0.29) is 11.4 Å². The van der Waals surface area contributed by atoms with Crippen LogP contribution in [0.15, 0.2) is 18.2 Å². The molecule has 0 aliphatic carbocycles. The first-order chi connectivity index (χ1) is 9.38. The average molecular weight is 278 g/mol. The van der Waals surface area contributed by atoms with Crippen LogP contribution in [-0.2, 0) is 6.54 Å². The second-order valence-corrected chi connectivity index (χ2v) is 5.71. The monoisotopic (exact) mass is 278 g/mol. The van der Waals surface area contributed by atoms with Gasteiger partial charge in [0.2, 0.25) is 0 Å². The molecule has 1 aromatic carbocycles. The van der Waals surface area contributed by atoms with Crippen molar-refractivity contribution in [2.45, 2.75) is 32.5 Å². The summed E-state index contributed by atoms with van der Waals surface area (Å²) in [6, 6.07) is 6.06. The summed E-state index contributed by atoms with van der Waals surface area (Å²) in [5, 5.41) is 10.9. The van der Waals surface area contributed by atoms with Crippen molar-refractivity contribution in [1.82, 2.24) is 9.80 Å². The summed E-state index contributed by atoms with van der Waals surface area (Å²) in [6.45, 7) is 7.07. The summed E-state index contributed by atoms with van der Waals surface area (Å²) in [4.78, 5) is 15.2. The van der Waals surface area contributed by atoms with E-state index >= 15 is 0 Å². The summed E-state index contributed by atoms with van der Waals surface area (Å²) in [6.07, 6.45) is 0. The molecule has 0 saturated carbocycles. The number of rotatable bonds is 3. The molecular weight excluding hydrogens is 256 g/mol. The third-order valence-electron chi connectivity index (χ3n) is 4.13. The standard InChI is InChI=1S/C14H22N4O2/c1-10-7-17(8-11(2)16(10)3)9-12-4-5-13(15)14(6-12)18(19)20/h4-6,10-11H,7-9,15H2,1-3H3. The SMILES string of the molecule is CC1CN(Cc2ccc(N)c([N+](=O)[O-])c2)CC(C)N1C. The number of nitro groups is 1. The summed E-state index contributed by atoms with van der Waals surface area (Å²) in [5.74, 6) is 0. The fraction of sp³-hybridized carbons (Fsp3) is 0.571. The second-order valence-electron chi connectivity index (χ2n) is 5.71. The molecule has 0 amide bonds. The van der Waals surface area contributed by atoms with Crippen LogP contribution in [0.5, 0.6) is 0 Å². The van der Waals surface area contributed by atoms with E-state index in [2.05, 4.69) is 30.7 Å². The number of piperazine rings is 1. The third kappa shape index (κ3) is 3.08. The van der Waals surface area contributed by atoms with Gasteiger partial charge in [-0.1, -0.05) is 6.07 Å². The van der Waals surface area contributed by atoms with E-state index in [1.807, 2.05) is 6.07 Å². The highest BCUT2D eigenvalue weighted by molar-refractivity contribution is 5.59. The number of hydrogen-bond acceptors (Lipinski definition) is 5. The molecule has 1 fully saturated rings. The van der Waals surface area contributed by atoms with Crippen molar-refractivity contribution in [3.8, 4) is 0 Å². The summed E-state index contributed by atoms with van der Waals surface area (Å²) < 4.78 is 0. The minimum absolute atomic E-state index is 0.00211. The number of nitrogen functional groups attached to an aromatic ring is 1. The van der Waals surface area contributed by atoms with Gasteiger partial charge in [0.1, 0.15) is 5.69 Å². The predicted octanol–water partition coefficient (Wildman–Crippen LogP) is 1.70. The number of likely N-dealkylation sites (N-methyl/N-ethyl adjacent to an activating group) is 1. The lowest BCUT2D eigenvalue weighted by atomic mass is 10.1. The zero-order valence-corrected chi connectivity index (χ0v) is 12.2. The maximum Gasteiger partial charge on any atom is 0.292 e. The van der Waals surface area contributed by atoms with Crippen LogP contribution < -0.4 is 5.73 Å². The van der Waals surface area contributed by atoms with Crippen molar-refractivity contribution in [2.24, 2.45) is 0 Å². The topological polar surface area (TPSA) is 75.6 Å². The van der Waals surface area contributed by atoms with Crippen LogP contribution in [0.2, 0.25) is 0 Å². The zero-order valence-electron chi connectivity index (χ0n) is 12.2. The minimum Gasteiger partial charge on any atom is -0.393 e. The van der Waals surface area contributed by atoms with Gasteiger partial charge in [0.15, 0.2) is 0 Å². The van der Waals surface area contributed by atoms with Crippen LogP contribution in [0.1, 0.15) is 19.4 Å². The Morgan fingerprint density at radius 1 is 1.35 bits per heavy atom. The fourth-order valence-corrected chi connectivity index (χ4v) is 2.75. The zero-order chi connectivity index (χ0) is 14.9. The molecule has 2 atom stereocenters. The number of hydrogen-bond donors (Lipinski definition) is 1. The molecule has 6 heteroatoms. The molecule has 2 rings (SSSR count). The van der Waals surface area contributed by atoms with Gasteiger partial charge < -0.3 is 5.73 Å². The van der Waals surface area contributed by atoms with Crippen molar-refractivity contribution in [1.29, 1.82) is 0 Å². The van der Waals surface area contributed by atoms with Crippen molar-refractivity contribution in [3.63, 3.8) is 0 Å². The van der Waals surface area contributed by atoms with Crippen molar-refractivity contribution in [2.75, 3.05) is 25.9 Å². The maximum atomic E-state index is 10.9. The quantitative estimate of drug-likeness (QED) is 0.517. The molecular formula is C14H22N4O2. The average Bonchev–Trinajstić information content (AvgIpc) is 2.38. The van der Waals surface area contributed by atoms with Gasteiger partial charge in [0.25, 0.3) is 5.69 Å². The van der Waals surface area contributed by atoms with E-state index in [1.54, 1.807) is 12.1 Å². The van der Waals surface area contributed by atoms with Crippen molar-refractivity contribution < 1.29 is 4.92 Å². The second kappa shape index (κ2) is 5.76. The van der Waals surface area contributed by atoms with Gasteiger partial charge in [-0.3, -0.25) is 19.9 Å². The highest BCUT2D eigenvalue weighted by atomic mass is 16.6. The molecule has 0 spiro atoms. The molecule has 1 aromatic rings. The minimum atomic E-state index is -0.423. The molecule has 6 nitrogen and oxygen atoms in total. The van der Waals surface area contributed by atoms with Gasteiger partial charge >= 0.3 is 0 Å². The first kappa shape index (κ1) is 14.7. The first-order valence-corrected chi connectivity index (χ1v) is 6.85. The van der Waals surface area contributed by atoms with Crippen LogP contribution >= 0.6 is 0 Å². The fourth-order valence-electron chi connectivity index (χ4n) is 2.75. The number of benzene rings is 1. The molecule has 2 N–H and O–H groups in total. The highest BCUT2D eigenvalue weighted by Crippen LogP contribution is 2.24. The molecule has 0 aromatic heterocycles. The smallest absolute Gasteiger partial charge is 0.292 e. The molecule has 1 aliphatic rings. The lowest BCUT2D eigenvalue weighted by molar-refractivity contribution is -0.384. The van der Waals surface area contributed by atoms with E-state index < -0.39 is 4.92 Å². The maximum absolute atomic E-state index is 10.9. The molecule has 2 unspecified atom stereocenters. The Morgan fingerprint density at radius 3 is 2.50 bits per heavy atom. The number of nitro benzene ring substituents is 1. The Bertz CT molecular complexity index is 494. The van der Waals surface area contributed by atoms with Crippen LogP contribution in [-0.4, -0.2) is 46.9 Å². The van der Waals surface area contributed by atoms with Gasteiger partial charge in [0, 0.05) is 37.8 Å². The van der Waals surface area contributed by atoms with E-state index in [1.165, 1.54) is 0 Å². The largest absolute Gasteiger partial charge is 0.393 e. The Balaban J connectivity index is 2.11. The summed E-state index contributed by atoms with van der Waals surface area (Å²) in [5.41, 5.74) is 6.78. The Kier molecular flexibility index (Phi) is 4.25. The van der Waals surface area contributed by atoms with Crippen molar-refractivity contribution in [3.05, 3.63) is 33.9 Å². The number of nitrogens with zero attached hydrogens (tertiary/aromatic N) is 3.